The van der Waals surface area contributed by atoms with Crippen molar-refractivity contribution in [3.8, 4) is 5.75 Å². The van der Waals surface area contributed by atoms with Gasteiger partial charge in [-0.25, -0.2) is 4.79 Å². The molecule has 18 heavy (non-hydrogen) atoms. The van der Waals surface area contributed by atoms with E-state index in [-0.39, 0.29) is 0 Å². The molecule has 0 fully saturated rings. The number of hydrogen-bond donors (Lipinski definition) is 1. The zero-order valence-corrected chi connectivity index (χ0v) is 12.0. The summed E-state index contributed by atoms with van der Waals surface area (Å²) in [6.45, 7) is 5.15. The van der Waals surface area contributed by atoms with Crippen molar-refractivity contribution in [2.45, 2.75) is 26.4 Å². The Labute approximate surface area is 114 Å². The van der Waals surface area contributed by atoms with E-state index in [1.165, 1.54) is 0 Å². The first kappa shape index (κ1) is 14.6. The van der Waals surface area contributed by atoms with E-state index in [0.29, 0.717) is 5.75 Å². The summed E-state index contributed by atoms with van der Waals surface area (Å²) < 4.78 is 11.0. The first-order chi connectivity index (χ1) is 8.28. The summed E-state index contributed by atoms with van der Waals surface area (Å²) in [6.07, 6.45) is 0.956. The summed E-state index contributed by atoms with van der Waals surface area (Å²) in [6, 6.07) is 6.97. The predicted octanol–water partition coefficient (Wildman–Crippen LogP) is 3.57. The Balaban J connectivity index is 2.61. The van der Waals surface area contributed by atoms with Crippen molar-refractivity contribution in [2.24, 2.45) is 0 Å². The number of aliphatic hydroxyl groups excluding tert-OH is 1. The van der Waals surface area contributed by atoms with E-state index in [0.717, 1.165) is 10.7 Å². The number of carbonyl (C=O) groups is 1. The largest absolute Gasteiger partial charge is 0.500 e. The van der Waals surface area contributed by atoms with E-state index in [9.17, 15) is 9.90 Å². The van der Waals surface area contributed by atoms with E-state index < -0.39 is 17.3 Å². The lowest BCUT2D eigenvalue weighted by atomic mass is 10.2. The number of halogens is 1. The molecule has 0 aromatic heterocycles. The molecule has 5 heteroatoms. The molecule has 1 N–H and O–H groups in total. The molecule has 0 spiro atoms. The molecule has 0 aliphatic carbocycles. The Morgan fingerprint density at radius 3 is 2.33 bits per heavy atom. The standard InChI is InChI=1S/C13H15BrO4/c1-13(2,3)18-12(16)11(15)8-17-10-6-4-9(14)5-7-10/h4-8,15H,1-3H3/b11-8-. The van der Waals surface area contributed by atoms with Crippen LogP contribution in [0.3, 0.4) is 0 Å². The van der Waals surface area contributed by atoms with E-state index in [4.69, 9.17) is 9.47 Å². The summed E-state index contributed by atoms with van der Waals surface area (Å²) in [5.74, 6) is -0.888. The molecule has 0 aliphatic rings. The number of ether oxygens (including phenoxy) is 2. The summed E-state index contributed by atoms with van der Waals surface area (Å²) in [5.41, 5.74) is -0.656. The first-order valence-electron chi connectivity index (χ1n) is 5.32. The lowest BCUT2D eigenvalue weighted by Gasteiger charge is -2.18. The van der Waals surface area contributed by atoms with Crippen LogP contribution in [0.4, 0.5) is 0 Å². The Hall–Kier alpha value is -1.49. The number of aliphatic hydroxyl groups is 1. The van der Waals surface area contributed by atoms with Gasteiger partial charge >= 0.3 is 5.97 Å². The van der Waals surface area contributed by atoms with Gasteiger partial charge in [0.25, 0.3) is 0 Å². The summed E-state index contributed by atoms with van der Waals surface area (Å²) in [4.78, 5) is 11.4. The monoisotopic (exact) mass is 314 g/mol. The van der Waals surface area contributed by atoms with Gasteiger partial charge in [-0.3, -0.25) is 0 Å². The van der Waals surface area contributed by atoms with Gasteiger partial charge < -0.3 is 14.6 Å². The molecule has 0 saturated heterocycles. The molecule has 0 saturated carbocycles. The molecule has 0 atom stereocenters. The molecular weight excluding hydrogens is 300 g/mol. The number of hydrogen-bond acceptors (Lipinski definition) is 4. The van der Waals surface area contributed by atoms with Gasteiger partial charge in [0.15, 0.2) is 0 Å². The van der Waals surface area contributed by atoms with Gasteiger partial charge in [0.05, 0.1) is 0 Å². The van der Waals surface area contributed by atoms with Crippen LogP contribution < -0.4 is 4.74 Å². The molecule has 4 nitrogen and oxygen atoms in total. The smallest absolute Gasteiger partial charge is 0.377 e. The Morgan fingerprint density at radius 1 is 1.28 bits per heavy atom. The van der Waals surface area contributed by atoms with Crippen LogP contribution in [0.15, 0.2) is 40.8 Å². The molecule has 0 heterocycles. The van der Waals surface area contributed by atoms with E-state index in [1.807, 2.05) is 0 Å². The van der Waals surface area contributed by atoms with E-state index in [2.05, 4.69) is 15.9 Å². The van der Waals surface area contributed by atoms with Crippen molar-refractivity contribution in [1.29, 1.82) is 0 Å². The number of carbonyl (C=O) groups excluding carboxylic acids is 1. The van der Waals surface area contributed by atoms with Crippen LogP contribution in [0.1, 0.15) is 20.8 Å². The molecular formula is C13H15BrO4. The zero-order valence-electron chi connectivity index (χ0n) is 10.4. The lowest BCUT2D eigenvalue weighted by molar-refractivity contribution is -0.153. The maximum Gasteiger partial charge on any atom is 0.377 e. The van der Waals surface area contributed by atoms with Crippen LogP contribution >= 0.6 is 15.9 Å². The number of benzene rings is 1. The fourth-order valence-electron chi connectivity index (χ4n) is 1.02. The predicted molar refractivity (Wildman–Crippen MR) is 71.3 cm³/mol. The molecule has 1 aromatic carbocycles. The average molecular weight is 315 g/mol. The van der Waals surface area contributed by atoms with Crippen molar-refractivity contribution in [3.63, 3.8) is 0 Å². The quantitative estimate of drug-likeness (QED) is 0.526. The highest BCUT2D eigenvalue weighted by Gasteiger charge is 2.19. The average Bonchev–Trinajstić information content (AvgIpc) is 2.25. The second-order valence-electron chi connectivity index (χ2n) is 4.58. The first-order valence-corrected chi connectivity index (χ1v) is 6.12. The van der Waals surface area contributed by atoms with Gasteiger partial charge in [0, 0.05) is 4.47 Å². The maximum absolute atomic E-state index is 11.4. The summed E-state index contributed by atoms with van der Waals surface area (Å²) >= 11 is 3.29. The van der Waals surface area contributed by atoms with Crippen LogP contribution in [-0.4, -0.2) is 16.7 Å². The Bertz CT molecular complexity index is 443. The van der Waals surface area contributed by atoms with Crippen LogP contribution in [0.2, 0.25) is 0 Å². The van der Waals surface area contributed by atoms with Crippen LogP contribution in [0.25, 0.3) is 0 Å². The second-order valence-corrected chi connectivity index (χ2v) is 5.49. The third kappa shape index (κ3) is 5.23. The normalized spacial score (nSPS) is 12.1. The molecule has 0 unspecified atom stereocenters. The van der Waals surface area contributed by atoms with Crippen molar-refractivity contribution in [1.82, 2.24) is 0 Å². The van der Waals surface area contributed by atoms with Crippen molar-refractivity contribution < 1.29 is 19.4 Å². The van der Waals surface area contributed by atoms with Gasteiger partial charge in [-0.2, -0.15) is 0 Å². The molecule has 98 valence electrons. The van der Waals surface area contributed by atoms with Gasteiger partial charge in [0.2, 0.25) is 5.76 Å². The minimum absolute atomic E-state index is 0.508. The van der Waals surface area contributed by atoms with Crippen LogP contribution in [0.5, 0.6) is 5.75 Å². The third-order valence-electron chi connectivity index (χ3n) is 1.73. The van der Waals surface area contributed by atoms with Gasteiger partial charge in [-0.1, -0.05) is 15.9 Å². The molecule has 1 rings (SSSR count). The van der Waals surface area contributed by atoms with Crippen molar-refractivity contribution >= 4 is 21.9 Å². The van der Waals surface area contributed by atoms with Crippen LogP contribution in [-0.2, 0) is 9.53 Å². The molecule has 0 aliphatic heterocycles. The third-order valence-corrected chi connectivity index (χ3v) is 2.26. The topological polar surface area (TPSA) is 55.8 Å². The highest BCUT2D eigenvalue weighted by atomic mass is 79.9. The van der Waals surface area contributed by atoms with Gasteiger partial charge in [-0.05, 0) is 45.0 Å². The van der Waals surface area contributed by atoms with Crippen LogP contribution in [0, 0.1) is 0 Å². The molecule has 0 bridgehead atoms. The SMILES string of the molecule is CC(C)(C)OC(=O)/C(O)=C/Oc1ccc(Br)cc1. The fraction of sp³-hybridized carbons (Fsp3) is 0.308. The molecule has 0 amide bonds. The summed E-state index contributed by atoms with van der Waals surface area (Å²) in [7, 11) is 0. The number of rotatable bonds is 3. The Kier molecular flexibility index (Phi) is 4.78. The summed E-state index contributed by atoms with van der Waals surface area (Å²) in [5, 5.41) is 9.45. The van der Waals surface area contributed by atoms with Gasteiger partial charge in [-0.15, -0.1) is 0 Å². The lowest BCUT2D eigenvalue weighted by Crippen LogP contribution is -2.25. The maximum atomic E-state index is 11.4. The van der Waals surface area contributed by atoms with E-state index in [1.54, 1.807) is 45.0 Å². The zero-order chi connectivity index (χ0) is 13.8. The Morgan fingerprint density at radius 2 is 1.83 bits per heavy atom. The molecule has 1 aromatic rings. The minimum atomic E-state index is -0.820. The van der Waals surface area contributed by atoms with Crippen molar-refractivity contribution in [2.75, 3.05) is 0 Å². The minimum Gasteiger partial charge on any atom is -0.500 e. The highest BCUT2D eigenvalue weighted by Crippen LogP contribution is 2.17. The second kappa shape index (κ2) is 5.91. The van der Waals surface area contributed by atoms with Gasteiger partial charge in [0.1, 0.15) is 17.6 Å². The fourth-order valence-corrected chi connectivity index (χ4v) is 1.28. The van der Waals surface area contributed by atoms with Crippen molar-refractivity contribution in [3.05, 3.63) is 40.8 Å². The highest BCUT2D eigenvalue weighted by molar-refractivity contribution is 9.10. The number of esters is 1. The molecule has 0 radical (unpaired) electrons. The van der Waals surface area contributed by atoms with E-state index >= 15 is 0 Å².